The van der Waals surface area contributed by atoms with E-state index in [1.165, 1.54) is 7.11 Å². The molecule has 0 aliphatic carbocycles. The summed E-state index contributed by atoms with van der Waals surface area (Å²) in [5, 5.41) is 0. The van der Waals surface area contributed by atoms with Gasteiger partial charge in [-0.25, -0.2) is 4.79 Å². The fourth-order valence-electron chi connectivity index (χ4n) is 2.62. The van der Waals surface area contributed by atoms with Crippen LogP contribution < -0.4 is 4.74 Å². The van der Waals surface area contributed by atoms with E-state index in [0.29, 0.717) is 24.0 Å². The van der Waals surface area contributed by atoms with Crippen LogP contribution in [-0.4, -0.2) is 68.8 Å². The highest BCUT2D eigenvalue weighted by Crippen LogP contribution is 2.14. The largest absolute Gasteiger partial charge is 0.492 e. The summed E-state index contributed by atoms with van der Waals surface area (Å²) in [4.78, 5) is 16.3. The topological polar surface area (TPSA) is 42.0 Å². The molecule has 0 bridgehead atoms. The van der Waals surface area contributed by atoms with E-state index in [1.807, 2.05) is 6.07 Å². The van der Waals surface area contributed by atoms with Gasteiger partial charge in [0.2, 0.25) is 0 Å². The average Bonchev–Trinajstić information content (AvgIpc) is 2.49. The van der Waals surface area contributed by atoms with Crippen LogP contribution >= 0.6 is 0 Å². The van der Waals surface area contributed by atoms with Crippen LogP contribution in [0.3, 0.4) is 0 Å². The predicted octanol–water partition coefficient (Wildman–Crippen LogP) is 1.49. The number of hydrogen-bond donors (Lipinski definition) is 0. The van der Waals surface area contributed by atoms with Gasteiger partial charge in [-0.15, -0.1) is 0 Å². The second-order valence-electron chi connectivity index (χ2n) is 5.52. The Bertz CT molecular complexity index is 478. The van der Waals surface area contributed by atoms with Crippen molar-refractivity contribution >= 4 is 5.97 Å². The molecule has 0 amide bonds. The second-order valence-corrected chi connectivity index (χ2v) is 5.52. The molecule has 1 aromatic carbocycles. The number of likely N-dealkylation sites (N-methyl/N-ethyl adjacent to an activating group) is 1. The number of benzene rings is 1. The molecule has 1 aromatic rings. The van der Waals surface area contributed by atoms with E-state index in [0.717, 1.165) is 26.2 Å². The minimum atomic E-state index is -0.340. The quantitative estimate of drug-likeness (QED) is 0.769. The van der Waals surface area contributed by atoms with Gasteiger partial charge in [0.1, 0.15) is 12.4 Å². The zero-order chi connectivity index (χ0) is 15.2. The summed E-state index contributed by atoms with van der Waals surface area (Å²) in [7, 11) is 3.53. The third-order valence-electron chi connectivity index (χ3n) is 3.87. The van der Waals surface area contributed by atoms with Gasteiger partial charge < -0.3 is 14.4 Å². The highest BCUT2D eigenvalue weighted by molar-refractivity contribution is 5.89. The lowest BCUT2D eigenvalue weighted by Gasteiger charge is -2.38. The minimum Gasteiger partial charge on any atom is -0.492 e. The first-order valence-corrected chi connectivity index (χ1v) is 7.34. The Morgan fingerprint density at radius 2 is 2.19 bits per heavy atom. The zero-order valence-corrected chi connectivity index (χ0v) is 13.0. The van der Waals surface area contributed by atoms with E-state index in [-0.39, 0.29) is 5.97 Å². The van der Waals surface area contributed by atoms with Crippen LogP contribution in [-0.2, 0) is 4.74 Å². The van der Waals surface area contributed by atoms with Crippen molar-refractivity contribution in [1.82, 2.24) is 9.80 Å². The van der Waals surface area contributed by atoms with E-state index in [4.69, 9.17) is 9.47 Å². The first-order chi connectivity index (χ1) is 10.1. The molecule has 5 nitrogen and oxygen atoms in total. The van der Waals surface area contributed by atoms with Crippen LogP contribution in [0, 0.1) is 0 Å². The summed E-state index contributed by atoms with van der Waals surface area (Å²) in [6.45, 7) is 7.03. The van der Waals surface area contributed by atoms with Crippen LogP contribution in [0.1, 0.15) is 17.3 Å². The summed E-state index contributed by atoms with van der Waals surface area (Å²) in [6.07, 6.45) is 0. The van der Waals surface area contributed by atoms with Gasteiger partial charge in [0.15, 0.2) is 0 Å². The van der Waals surface area contributed by atoms with E-state index in [2.05, 4.69) is 23.8 Å². The van der Waals surface area contributed by atoms with Crippen LogP contribution in [0.5, 0.6) is 5.75 Å². The number of carbonyl (C=O) groups is 1. The first kappa shape index (κ1) is 15.8. The monoisotopic (exact) mass is 292 g/mol. The number of ether oxygens (including phenoxy) is 2. The number of hydrogen-bond acceptors (Lipinski definition) is 5. The Hall–Kier alpha value is -1.59. The summed E-state index contributed by atoms with van der Waals surface area (Å²) in [6, 6.07) is 7.66. The summed E-state index contributed by atoms with van der Waals surface area (Å²) < 4.78 is 10.5. The van der Waals surface area contributed by atoms with Gasteiger partial charge in [-0.3, -0.25) is 4.90 Å². The van der Waals surface area contributed by atoms with Crippen molar-refractivity contribution in [3.8, 4) is 5.75 Å². The fraction of sp³-hybridized carbons (Fsp3) is 0.562. The number of nitrogens with zero attached hydrogens (tertiary/aromatic N) is 2. The van der Waals surface area contributed by atoms with Crippen LogP contribution in [0.15, 0.2) is 24.3 Å². The molecule has 116 valence electrons. The van der Waals surface area contributed by atoms with E-state index >= 15 is 0 Å². The molecule has 1 aliphatic rings. The molecule has 0 radical (unpaired) electrons. The molecule has 21 heavy (non-hydrogen) atoms. The molecular formula is C16H24N2O3. The summed E-state index contributed by atoms with van der Waals surface area (Å²) >= 11 is 0. The predicted molar refractivity (Wildman–Crippen MR) is 81.8 cm³/mol. The molecule has 1 saturated heterocycles. The highest BCUT2D eigenvalue weighted by atomic mass is 16.5. The van der Waals surface area contributed by atoms with Crippen molar-refractivity contribution in [2.45, 2.75) is 13.0 Å². The Labute approximate surface area is 126 Å². The zero-order valence-electron chi connectivity index (χ0n) is 13.0. The van der Waals surface area contributed by atoms with Gasteiger partial charge in [0.05, 0.1) is 12.7 Å². The molecular weight excluding hydrogens is 268 g/mol. The van der Waals surface area contributed by atoms with Crippen molar-refractivity contribution in [3.63, 3.8) is 0 Å². The number of piperazine rings is 1. The molecule has 5 heteroatoms. The fourth-order valence-corrected chi connectivity index (χ4v) is 2.62. The molecule has 1 heterocycles. The van der Waals surface area contributed by atoms with Crippen molar-refractivity contribution in [2.24, 2.45) is 0 Å². The van der Waals surface area contributed by atoms with Gasteiger partial charge in [-0.2, -0.15) is 0 Å². The average molecular weight is 292 g/mol. The van der Waals surface area contributed by atoms with Gasteiger partial charge in [-0.05, 0) is 32.2 Å². The van der Waals surface area contributed by atoms with Crippen molar-refractivity contribution < 1.29 is 14.3 Å². The molecule has 1 atom stereocenters. The lowest BCUT2D eigenvalue weighted by molar-refractivity contribution is 0.0600. The second kappa shape index (κ2) is 7.43. The van der Waals surface area contributed by atoms with E-state index < -0.39 is 0 Å². The van der Waals surface area contributed by atoms with Crippen LogP contribution in [0.25, 0.3) is 0 Å². The van der Waals surface area contributed by atoms with Crippen molar-refractivity contribution in [1.29, 1.82) is 0 Å². The van der Waals surface area contributed by atoms with Crippen LogP contribution in [0.4, 0.5) is 0 Å². The molecule has 0 N–H and O–H groups in total. The van der Waals surface area contributed by atoms with E-state index in [1.54, 1.807) is 18.2 Å². The first-order valence-electron chi connectivity index (χ1n) is 7.34. The Balaban J connectivity index is 1.82. The van der Waals surface area contributed by atoms with Crippen LogP contribution in [0.2, 0.25) is 0 Å². The lowest BCUT2D eigenvalue weighted by atomic mass is 10.2. The normalized spacial score (nSPS) is 20.2. The SMILES string of the molecule is COC(=O)c1cccc(OCCN2CCN(C)C[C@@H]2C)c1. The lowest BCUT2D eigenvalue weighted by Crippen LogP contribution is -2.51. The van der Waals surface area contributed by atoms with E-state index in [9.17, 15) is 4.79 Å². The molecule has 1 aliphatic heterocycles. The van der Waals surface area contributed by atoms with Crippen molar-refractivity contribution in [2.75, 3.05) is 46.9 Å². The highest BCUT2D eigenvalue weighted by Gasteiger charge is 2.20. The van der Waals surface area contributed by atoms with Gasteiger partial charge in [0.25, 0.3) is 0 Å². The molecule has 0 spiro atoms. The third kappa shape index (κ3) is 4.44. The number of methoxy groups -OCH3 is 1. The maximum atomic E-state index is 11.5. The molecule has 1 fully saturated rings. The molecule has 0 saturated carbocycles. The Morgan fingerprint density at radius 3 is 2.90 bits per heavy atom. The number of carbonyl (C=O) groups excluding carboxylic acids is 1. The molecule has 2 rings (SSSR count). The molecule has 0 unspecified atom stereocenters. The van der Waals surface area contributed by atoms with Gasteiger partial charge >= 0.3 is 5.97 Å². The number of esters is 1. The smallest absolute Gasteiger partial charge is 0.337 e. The minimum absolute atomic E-state index is 0.340. The maximum Gasteiger partial charge on any atom is 0.337 e. The van der Waals surface area contributed by atoms with Crippen molar-refractivity contribution in [3.05, 3.63) is 29.8 Å². The summed E-state index contributed by atoms with van der Waals surface area (Å²) in [5.41, 5.74) is 0.517. The number of rotatable bonds is 5. The van der Waals surface area contributed by atoms with Gasteiger partial charge in [0, 0.05) is 32.2 Å². The van der Waals surface area contributed by atoms with Gasteiger partial charge in [-0.1, -0.05) is 6.07 Å². The Kier molecular flexibility index (Phi) is 5.59. The summed E-state index contributed by atoms with van der Waals surface area (Å²) in [5.74, 6) is 0.368. The third-order valence-corrected chi connectivity index (χ3v) is 3.87. The Morgan fingerprint density at radius 1 is 1.38 bits per heavy atom. The molecule has 0 aromatic heterocycles. The standard InChI is InChI=1S/C16H24N2O3/c1-13-12-17(2)7-8-18(13)9-10-21-15-6-4-5-14(11-15)16(19)20-3/h4-6,11,13H,7-10,12H2,1-3H3/t13-/m0/s1. The maximum absolute atomic E-state index is 11.5.